The highest BCUT2D eigenvalue weighted by atomic mass is 19.3. The molecule has 0 aliphatic rings. The third-order valence-electron chi connectivity index (χ3n) is 2.10. The van der Waals surface area contributed by atoms with Gasteiger partial charge in [0.2, 0.25) is 0 Å². The van der Waals surface area contributed by atoms with Gasteiger partial charge in [-0.15, -0.1) is 0 Å². The molecule has 0 saturated heterocycles. The van der Waals surface area contributed by atoms with Crippen LogP contribution in [0.25, 0.3) is 0 Å². The van der Waals surface area contributed by atoms with Crippen LogP contribution in [-0.4, -0.2) is 19.5 Å². The molecule has 0 aliphatic heterocycles. The lowest BCUT2D eigenvalue weighted by Gasteiger charge is -2.04. The molecule has 0 bridgehead atoms. The summed E-state index contributed by atoms with van der Waals surface area (Å²) in [6.07, 6.45) is -0.519. The SMILES string of the molecule is Nc1ccc(CCCNCC(F)F)cc1. The van der Waals surface area contributed by atoms with Crippen molar-refractivity contribution in [2.24, 2.45) is 0 Å². The molecule has 0 aromatic heterocycles. The maximum Gasteiger partial charge on any atom is 0.250 e. The van der Waals surface area contributed by atoms with E-state index in [4.69, 9.17) is 5.73 Å². The second-order valence-electron chi connectivity index (χ2n) is 3.44. The lowest BCUT2D eigenvalue weighted by molar-refractivity contribution is 0.146. The lowest BCUT2D eigenvalue weighted by atomic mass is 10.1. The van der Waals surface area contributed by atoms with E-state index in [2.05, 4.69) is 5.32 Å². The van der Waals surface area contributed by atoms with E-state index in [1.165, 1.54) is 5.56 Å². The van der Waals surface area contributed by atoms with Crippen LogP contribution >= 0.6 is 0 Å². The van der Waals surface area contributed by atoms with E-state index >= 15 is 0 Å². The van der Waals surface area contributed by atoms with Gasteiger partial charge in [0.15, 0.2) is 0 Å². The molecule has 84 valence electrons. The summed E-state index contributed by atoms with van der Waals surface area (Å²) in [5.74, 6) is 0. The first-order chi connectivity index (χ1) is 7.18. The summed E-state index contributed by atoms with van der Waals surface area (Å²) in [7, 11) is 0. The number of halogens is 2. The Labute approximate surface area is 88.5 Å². The van der Waals surface area contributed by atoms with Gasteiger partial charge in [0.05, 0.1) is 6.54 Å². The molecular weight excluding hydrogens is 198 g/mol. The van der Waals surface area contributed by atoms with E-state index in [0.717, 1.165) is 18.5 Å². The predicted octanol–water partition coefficient (Wildman–Crippen LogP) is 2.06. The van der Waals surface area contributed by atoms with Crippen LogP contribution in [0.5, 0.6) is 0 Å². The first-order valence-electron chi connectivity index (χ1n) is 5.02. The molecule has 1 aromatic carbocycles. The van der Waals surface area contributed by atoms with E-state index in [0.29, 0.717) is 6.54 Å². The van der Waals surface area contributed by atoms with Crippen LogP contribution in [0.4, 0.5) is 14.5 Å². The maximum absolute atomic E-state index is 11.8. The Morgan fingerprint density at radius 3 is 2.47 bits per heavy atom. The number of nitrogen functional groups attached to an aromatic ring is 1. The van der Waals surface area contributed by atoms with Gasteiger partial charge in [-0.25, -0.2) is 8.78 Å². The zero-order valence-electron chi connectivity index (χ0n) is 8.55. The third kappa shape index (κ3) is 5.32. The van der Waals surface area contributed by atoms with Crippen LogP contribution in [0.2, 0.25) is 0 Å². The van der Waals surface area contributed by atoms with E-state index in [1.54, 1.807) is 0 Å². The summed E-state index contributed by atoms with van der Waals surface area (Å²) in [5, 5.41) is 2.69. The number of rotatable bonds is 6. The second-order valence-corrected chi connectivity index (χ2v) is 3.44. The number of alkyl halides is 2. The molecule has 1 aromatic rings. The first-order valence-corrected chi connectivity index (χ1v) is 5.02. The normalized spacial score (nSPS) is 10.9. The molecule has 0 aliphatic carbocycles. The van der Waals surface area contributed by atoms with Crippen LogP contribution < -0.4 is 11.1 Å². The first kappa shape index (κ1) is 11.9. The van der Waals surface area contributed by atoms with E-state index in [9.17, 15) is 8.78 Å². The van der Waals surface area contributed by atoms with Gasteiger partial charge >= 0.3 is 0 Å². The minimum absolute atomic E-state index is 0.220. The Kier molecular flexibility index (Phi) is 5.04. The van der Waals surface area contributed by atoms with E-state index in [1.807, 2.05) is 24.3 Å². The molecule has 2 nitrogen and oxygen atoms in total. The number of aryl methyl sites for hydroxylation is 1. The Hall–Kier alpha value is -1.16. The van der Waals surface area contributed by atoms with Crippen molar-refractivity contribution in [1.82, 2.24) is 5.32 Å². The molecule has 4 heteroatoms. The average molecular weight is 214 g/mol. The maximum atomic E-state index is 11.8. The van der Waals surface area contributed by atoms with Gasteiger partial charge in [0.1, 0.15) is 0 Å². The Morgan fingerprint density at radius 2 is 1.87 bits per heavy atom. The molecular formula is C11H16F2N2. The molecule has 0 radical (unpaired) electrons. The highest BCUT2D eigenvalue weighted by Crippen LogP contribution is 2.07. The molecule has 1 rings (SSSR count). The summed E-state index contributed by atoms with van der Waals surface area (Å²) in [6.45, 7) is 0.399. The van der Waals surface area contributed by atoms with Crippen molar-refractivity contribution in [1.29, 1.82) is 0 Å². The molecule has 3 N–H and O–H groups in total. The number of hydrogen-bond acceptors (Lipinski definition) is 2. The number of anilines is 1. The predicted molar refractivity (Wildman–Crippen MR) is 58.0 cm³/mol. The number of benzene rings is 1. The van der Waals surface area contributed by atoms with Gasteiger partial charge in [-0.3, -0.25) is 0 Å². The molecule has 0 unspecified atom stereocenters. The Balaban J connectivity index is 2.12. The van der Waals surface area contributed by atoms with Gasteiger partial charge < -0.3 is 11.1 Å². The monoisotopic (exact) mass is 214 g/mol. The number of hydrogen-bond donors (Lipinski definition) is 2. The highest BCUT2D eigenvalue weighted by Gasteiger charge is 1.99. The van der Waals surface area contributed by atoms with Crippen molar-refractivity contribution >= 4 is 5.69 Å². The summed E-state index contributed by atoms with van der Waals surface area (Å²) < 4.78 is 23.5. The Morgan fingerprint density at radius 1 is 1.20 bits per heavy atom. The van der Waals surface area contributed by atoms with Crippen LogP contribution in [0.15, 0.2) is 24.3 Å². The van der Waals surface area contributed by atoms with Crippen molar-refractivity contribution in [3.8, 4) is 0 Å². The molecule has 0 saturated carbocycles. The highest BCUT2D eigenvalue weighted by molar-refractivity contribution is 5.39. The third-order valence-corrected chi connectivity index (χ3v) is 2.10. The fourth-order valence-corrected chi connectivity index (χ4v) is 1.31. The summed E-state index contributed by atoms with van der Waals surface area (Å²) >= 11 is 0. The molecule has 0 amide bonds. The molecule has 0 fully saturated rings. The van der Waals surface area contributed by atoms with Gasteiger partial charge in [-0.05, 0) is 37.1 Å². The smallest absolute Gasteiger partial charge is 0.250 e. The second kappa shape index (κ2) is 6.35. The zero-order chi connectivity index (χ0) is 11.1. The largest absolute Gasteiger partial charge is 0.399 e. The zero-order valence-corrected chi connectivity index (χ0v) is 8.55. The Bertz CT molecular complexity index is 272. The standard InChI is InChI=1S/C11H16F2N2/c12-11(13)8-15-7-1-2-9-3-5-10(14)6-4-9/h3-6,11,15H,1-2,7-8,14H2. The number of nitrogens with one attached hydrogen (secondary N) is 1. The van der Waals surface area contributed by atoms with Gasteiger partial charge in [0, 0.05) is 5.69 Å². The van der Waals surface area contributed by atoms with E-state index in [-0.39, 0.29) is 6.54 Å². The van der Waals surface area contributed by atoms with Crippen molar-refractivity contribution in [3.63, 3.8) is 0 Å². The van der Waals surface area contributed by atoms with Crippen LogP contribution in [0, 0.1) is 0 Å². The fraction of sp³-hybridized carbons (Fsp3) is 0.455. The van der Waals surface area contributed by atoms with Crippen LogP contribution in [0.3, 0.4) is 0 Å². The van der Waals surface area contributed by atoms with Crippen molar-refractivity contribution in [3.05, 3.63) is 29.8 Å². The molecule has 0 heterocycles. The van der Waals surface area contributed by atoms with Gasteiger partial charge in [-0.1, -0.05) is 12.1 Å². The summed E-state index contributed by atoms with van der Waals surface area (Å²) in [4.78, 5) is 0. The van der Waals surface area contributed by atoms with Crippen LogP contribution in [0.1, 0.15) is 12.0 Å². The lowest BCUT2D eigenvalue weighted by Crippen LogP contribution is -2.22. The summed E-state index contributed by atoms with van der Waals surface area (Å²) in [5.41, 5.74) is 7.47. The fourth-order valence-electron chi connectivity index (χ4n) is 1.31. The molecule has 15 heavy (non-hydrogen) atoms. The van der Waals surface area contributed by atoms with Crippen molar-refractivity contribution < 1.29 is 8.78 Å². The minimum Gasteiger partial charge on any atom is -0.399 e. The van der Waals surface area contributed by atoms with E-state index < -0.39 is 6.43 Å². The van der Waals surface area contributed by atoms with Crippen molar-refractivity contribution in [2.45, 2.75) is 19.3 Å². The minimum atomic E-state index is -2.26. The average Bonchev–Trinajstić information content (AvgIpc) is 2.20. The van der Waals surface area contributed by atoms with Crippen LogP contribution in [-0.2, 0) is 6.42 Å². The van der Waals surface area contributed by atoms with Gasteiger partial charge in [-0.2, -0.15) is 0 Å². The van der Waals surface area contributed by atoms with Gasteiger partial charge in [0.25, 0.3) is 6.43 Å². The molecule has 0 spiro atoms. The van der Waals surface area contributed by atoms with Crippen molar-refractivity contribution in [2.75, 3.05) is 18.8 Å². The quantitative estimate of drug-likeness (QED) is 0.562. The number of nitrogens with two attached hydrogens (primary N) is 1. The molecule has 0 atom stereocenters. The topological polar surface area (TPSA) is 38.0 Å². The summed E-state index contributed by atoms with van der Waals surface area (Å²) in [6, 6.07) is 7.62.